The number of hydrogen-bond donors (Lipinski definition) is 1. The first-order valence-electron chi connectivity index (χ1n) is 9.50. The number of nitrogens with one attached hydrogen (secondary N) is 1. The first-order chi connectivity index (χ1) is 12.9. The summed E-state index contributed by atoms with van der Waals surface area (Å²) in [7, 11) is 0. The first-order valence-corrected chi connectivity index (χ1v) is 9.50. The lowest BCUT2D eigenvalue weighted by atomic mass is 9.95. The third-order valence-electron chi connectivity index (χ3n) is 5.03. The summed E-state index contributed by atoms with van der Waals surface area (Å²) in [6, 6.07) is 21.2. The van der Waals surface area contributed by atoms with E-state index in [-0.39, 0.29) is 0 Å². The van der Waals surface area contributed by atoms with Crippen molar-refractivity contribution in [2.24, 2.45) is 4.99 Å². The van der Waals surface area contributed by atoms with Crippen molar-refractivity contribution in [3.63, 3.8) is 0 Å². The van der Waals surface area contributed by atoms with E-state index in [0.29, 0.717) is 6.04 Å². The van der Waals surface area contributed by atoms with Crippen molar-refractivity contribution in [3.8, 4) is 0 Å². The zero-order chi connectivity index (χ0) is 17.6. The van der Waals surface area contributed by atoms with Crippen molar-refractivity contribution >= 4 is 23.3 Å². The second-order valence-corrected chi connectivity index (χ2v) is 6.98. The Balaban J connectivity index is 1.38. The molecule has 0 saturated heterocycles. The van der Waals surface area contributed by atoms with Crippen LogP contribution in [0.3, 0.4) is 0 Å². The summed E-state index contributed by atoms with van der Waals surface area (Å²) in [5, 5.41) is 3.39. The van der Waals surface area contributed by atoms with Gasteiger partial charge in [0.15, 0.2) is 0 Å². The summed E-state index contributed by atoms with van der Waals surface area (Å²) in [5.74, 6) is 0. The Morgan fingerprint density at radius 3 is 2.35 bits per heavy atom. The van der Waals surface area contributed by atoms with Gasteiger partial charge in [0.1, 0.15) is 0 Å². The number of nitrogens with zero attached hydrogens (tertiary/aromatic N) is 2. The molecule has 132 valence electrons. The second-order valence-electron chi connectivity index (χ2n) is 6.98. The van der Waals surface area contributed by atoms with Crippen molar-refractivity contribution in [1.82, 2.24) is 4.57 Å². The monoisotopic (exact) mass is 343 g/mol. The average Bonchev–Trinajstić information content (AvgIpc) is 3.18. The Labute approximate surface area is 155 Å². The van der Waals surface area contributed by atoms with E-state index in [2.05, 4.69) is 57.6 Å². The van der Waals surface area contributed by atoms with Crippen LogP contribution in [0.4, 0.5) is 17.1 Å². The zero-order valence-electron chi connectivity index (χ0n) is 15.0. The molecule has 1 aromatic heterocycles. The summed E-state index contributed by atoms with van der Waals surface area (Å²) < 4.78 is 2.37. The van der Waals surface area contributed by atoms with E-state index in [0.717, 1.165) is 17.1 Å². The van der Waals surface area contributed by atoms with Gasteiger partial charge in [0.05, 0.1) is 5.69 Å². The zero-order valence-corrected chi connectivity index (χ0v) is 15.0. The molecule has 3 nitrogen and oxygen atoms in total. The normalized spacial score (nSPS) is 15.4. The van der Waals surface area contributed by atoms with Gasteiger partial charge in [-0.2, -0.15) is 0 Å². The average molecular weight is 343 g/mol. The van der Waals surface area contributed by atoms with Gasteiger partial charge >= 0.3 is 0 Å². The molecule has 0 unspecified atom stereocenters. The summed E-state index contributed by atoms with van der Waals surface area (Å²) in [6.45, 7) is 0. The molecule has 0 bridgehead atoms. The number of benzene rings is 2. The van der Waals surface area contributed by atoms with Crippen LogP contribution in [0, 0.1) is 0 Å². The molecule has 2 aromatic carbocycles. The highest BCUT2D eigenvalue weighted by atomic mass is 15.0. The van der Waals surface area contributed by atoms with Gasteiger partial charge in [0, 0.05) is 41.6 Å². The fourth-order valence-electron chi connectivity index (χ4n) is 3.58. The number of rotatable bonds is 5. The van der Waals surface area contributed by atoms with E-state index in [1.807, 2.05) is 36.5 Å². The third-order valence-corrected chi connectivity index (χ3v) is 5.03. The quantitative estimate of drug-likeness (QED) is 0.527. The van der Waals surface area contributed by atoms with Crippen LogP contribution in [0.25, 0.3) is 0 Å². The minimum absolute atomic E-state index is 0.675. The van der Waals surface area contributed by atoms with Gasteiger partial charge in [0.2, 0.25) is 0 Å². The Morgan fingerprint density at radius 2 is 1.58 bits per heavy atom. The van der Waals surface area contributed by atoms with E-state index in [4.69, 9.17) is 0 Å². The molecule has 0 radical (unpaired) electrons. The molecule has 1 N–H and O–H groups in total. The van der Waals surface area contributed by atoms with E-state index in [1.54, 1.807) is 0 Å². The number of hydrogen-bond acceptors (Lipinski definition) is 2. The molecule has 3 heteroatoms. The summed E-state index contributed by atoms with van der Waals surface area (Å²) in [6.07, 6.45) is 13.1. The maximum Gasteiger partial charge on any atom is 0.0631 e. The molecule has 1 aliphatic rings. The molecule has 1 heterocycles. The molecule has 1 aliphatic carbocycles. The van der Waals surface area contributed by atoms with Crippen LogP contribution < -0.4 is 5.32 Å². The summed E-state index contributed by atoms with van der Waals surface area (Å²) >= 11 is 0. The van der Waals surface area contributed by atoms with Crippen molar-refractivity contribution in [1.29, 1.82) is 0 Å². The van der Waals surface area contributed by atoms with Crippen LogP contribution >= 0.6 is 0 Å². The van der Waals surface area contributed by atoms with Crippen molar-refractivity contribution in [2.45, 2.75) is 38.1 Å². The number of anilines is 2. The number of aliphatic imine (C=N–C) groups is 1. The molecular weight excluding hydrogens is 318 g/mol. The van der Waals surface area contributed by atoms with Crippen LogP contribution in [-0.2, 0) is 0 Å². The smallest absolute Gasteiger partial charge is 0.0631 e. The van der Waals surface area contributed by atoms with Gasteiger partial charge in [0.25, 0.3) is 0 Å². The Kier molecular flexibility index (Phi) is 5.15. The lowest BCUT2D eigenvalue weighted by Gasteiger charge is -2.23. The predicted molar refractivity (Wildman–Crippen MR) is 110 cm³/mol. The Bertz CT molecular complexity index is 841. The standard InChI is InChI=1S/C23H25N3/c1-3-7-21(8-4-1)25-22-13-11-20(12-14-22)24-17-19-15-16-26(18-19)23-9-5-2-6-10-23/h1,3-4,7-8,11-18,23,25H,2,5-6,9-10H2. The SMILES string of the molecule is C(=Nc1ccc(Nc2ccccc2)cc1)c1ccn(C2CCCCC2)c1. The van der Waals surface area contributed by atoms with Gasteiger partial charge in [-0.1, -0.05) is 37.5 Å². The molecule has 0 atom stereocenters. The lowest BCUT2D eigenvalue weighted by molar-refractivity contribution is 0.354. The summed E-state index contributed by atoms with van der Waals surface area (Å²) in [4.78, 5) is 4.62. The number of aromatic nitrogens is 1. The first kappa shape index (κ1) is 16.6. The van der Waals surface area contributed by atoms with Crippen LogP contribution in [0.5, 0.6) is 0 Å². The van der Waals surface area contributed by atoms with E-state index in [1.165, 1.54) is 37.7 Å². The largest absolute Gasteiger partial charge is 0.356 e. The van der Waals surface area contributed by atoms with Gasteiger partial charge < -0.3 is 9.88 Å². The maximum absolute atomic E-state index is 4.62. The van der Waals surface area contributed by atoms with Gasteiger partial charge in [-0.3, -0.25) is 4.99 Å². The fraction of sp³-hybridized carbons (Fsp3) is 0.261. The predicted octanol–water partition coefficient (Wildman–Crippen LogP) is 6.49. The molecule has 4 rings (SSSR count). The summed E-state index contributed by atoms with van der Waals surface area (Å²) in [5.41, 5.74) is 4.29. The minimum atomic E-state index is 0.675. The van der Waals surface area contributed by atoms with Gasteiger partial charge in [-0.05, 0) is 55.3 Å². The van der Waals surface area contributed by atoms with Crippen molar-refractivity contribution < 1.29 is 0 Å². The van der Waals surface area contributed by atoms with Crippen LogP contribution in [0.15, 0.2) is 78.0 Å². The lowest BCUT2D eigenvalue weighted by Crippen LogP contribution is -2.10. The second kappa shape index (κ2) is 8.05. The highest BCUT2D eigenvalue weighted by Crippen LogP contribution is 2.28. The molecule has 0 aliphatic heterocycles. The molecule has 0 spiro atoms. The van der Waals surface area contributed by atoms with E-state index in [9.17, 15) is 0 Å². The van der Waals surface area contributed by atoms with E-state index < -0.39 is 0 Å². The maximum atomic E-state index is 4.62. The molecule has 0 amide bonds. The molecule has 3 aromatic rings. The number of para-hydroxylation sites is 1. The third kappa shape index (κ3) is 4.23. The highest BCUT2D eigenvalue weighted by molar-refractivity contribution is 5.81. The molecule has 26 heavy (non-hydrogen) atoms. The van der Waals surface area contributed by atoms with Gasteiger partial charge in [-0.15, -0.1) is 0 Å². The van der Waals surface area contributed by atoms with Crippen LogP contribution in [-0.4, -0.2) is 10.8 Å². The molecule has 1 fully saturated rings. The fourth-order valence-corrected chi connectivity index (χ4v) is 3.58. The van der Waals surface area contributed by atoms with Gasteiger partial charge in [-0.25, -0.2) is 0 Å². The minimum Gasteiger partial charge on any atom is -0.356 e. The molecule has 1 saturated carbocycles. The Morgan fingerprint density at radius 1 is 0.846 bits per heavy atom. The topological polar surface area (TPSA) is 29.3 Å². The van der Waals surface area contributed by atoms with E-state index >= 15 is 0 Å². The van der Waals surface area contributed by atoms with Crippen molar-refractivity contribution in [3.05, 3.63) is 78.6 Å². The molecular formula is C23H25N3. The van der Waals surface area contributed by atoms with Crippen LogP contribution in [0.1, 0.15) is 43.7 Å². The highest BCUT2D eigenvalue weighted by Gasteiger charge is 2.14. The van der Waals surface area contributed by atoms with Crippen molar-refractivity contribution in [2.75, 3.05) is 5.32 Å². The Hall–Kier alpha value is -2.81. The van der Waals surface area contributed by atoms with Crippen LogP contribution in [0.2, 0.25) is 0 Å².